The number of carbonyl (C=O) groups excluding carboxylic acids is 2. The van der Waals surface area contributed by atoms with E-state index in [2.05, 4.69) is 10.4 Å². The Hall–Kier alpha value is -1.92. The monoisotopic (exact) mass is 255 g/mol. The van der Waals surface area contributed by atoms with E-state index in [0.29, 0.717) is 12.8 Å². The summed E-state index contributed by atoms with van der Waals surface area (Å²) in [4.78, 5) is 33.7. The van der Waals surface area contributed by atoms with Crippen molar-refractivity contribution in [3.05, 3.63) is 0 Å². The third kappa shape index (κ3) is 3.54. The standard InChI is InChI=1S/C11H17N3O4/c1-3-7(11(17)18)6-12-10(16)8-4-5-9(15)14(2)13-8/h7H,3-6H2,1-2H3,(H,12,16)(H,17,18). The first kappa shape index (κ1) is 14.1. The lowest BCUT2D eigenvalue weighted by molar-refractivity contribution is -0.141. The Labute approximate surface area is 105 Å². The lowest BCUT2D eigenvalue weighted by Crippen LogP contribution is -2.40. The normalized spacial score (nSPS) is 17.1. The van der Waals surface area contributed by atoms with Gasteiger partial charge in [0.15, 0.2) is 0 Å². The average Bonchev–Trinajstić information content (AvgIpc) is 2.32. The summed E-state index contributed by atoms with van der Waals surface area (Å²) >= 11 is 0. The summed E-state index contributed by atoms with van der Waals surface area (Å²) in [5.74, 6) is -2.08. The van der Waals surface area contributed by atoms with Gasteiger partial charge in [0, 0.05) is 26.4 Å². The number of hydrazone groups is 1. The molecule has 1 aliphatic rings. The molecule has 0 saturated heterocycles. The highest BCUT2D eigenvalue weighted by atomic mass is 16.4. The number of carboxylic acid groups (broad SMARTS) is 1. The van der Waals surface area contributed by atoms with Gasteiger partial charge in [0.05, 0.1) is 5.92 Å². The fourth-order valence-corrected chi connectivity index (χ4v) is 1.56. The quantitative estimate of drug-likeness (QED) is 0.712. The fourth-order valence-electron chi connectivity index (χ4n) is 1.56. The van der Waals surface area contributed by atoms with Crippen LogP contribution >= 0.6 is 0 Å². The molecule has 1 unspecified atom stereocenters. The topological polar surface area (TPSA) is 99.1 Å². The summed E-state index contributed by atoms with van der Waals surface area (Å²) in [5.41, 5.74) is 0.261. The molecule has 0 spiro atoms. The highest BCUT2D eigenvalue weighted by Crippen LogP contribution is 2.07. The van der Waals surface area contributed by atoms with Crippen LogP contribution in [0.2, 0.25) is 0 Å². The molecular weight excluding hydrogens is 238 g/mol. The van der Waals surface area contributed by atoms with Crippen LogP contribution in [0.4, 0.5) is 0 Å². The van der Waals surface area contributed by atoms with Crippen molar-refractivity contribution in [1.82, 2.24) is 10.3 Å². The maximum Gasteiger partial charge on any atom is 0.308 e. The van der Waals surface area contributed by atoms with Crippen LogP contribution in [-0.2, 0) is 14.4 Å². The van der Waals surface area contributed by atoms with Crippen molar-refractivity contribution in [3.8, 4) is 0 Å². The Bertz CT molecular complexity index is 392. The van der Waals surface area contributed by atoms with Gasteiger partial charge < -0.3 is 10.4 Å². The van der Waals surface area contributed by atoms with Crippen molar-refractivity contribution >= 4 is 23.5 Å². The van der Waals surface area contributed by atoms with E-state index in [1.54, 1.807) is 6.92 Å². The summed E-state index contributed by atoms with van der Waals surface area (Å²) in [6.07, 6.45) is 0.984. The van der Waals surface area contributed by atoms with E-state index < -0.39 is 17.8 Å². The fraction of sp³-hybridized carbons (Fsp3) is 0.636. The van der Waals surface area contributed by atoms with Gasteiger partial charge in [0.2, 0.25) is 5.91 Å². The molecule has 100 valence electrons. The molecule has 7 nitrogen and oxygen atoms in total. The van der Waals surface area contributed by atoms with Crippen LogP contribution in [0.5, 0.6) is 0 Å². The first-order valence-corrected chi connectivity index (χ1v) is 5.80. The number of hydrogen-bond acceptors (Lipinski definition) is 4. The number of carbonyl (C=O) groups is 3. The highest BCUT2D eigenvalue weighted by molar-refractivity contribution is 6.39. The lowest BCUT2D eigenvalue weighted by atomic mass is 10.1. The molecule has 1 heterocycles. The van der Waals surface area contributed by atoms with E-state index in [4.69, 9.17) is 5.11 Å². The number of amides is 2. The Kier molecular flexibility index (Phi) is 4.82. The molecule has 0 fully saturated rings. The summed E-state index contributed by atoms with van der Waals surface area (Å²) in [5, 5.41) is 16.4. The number of nitrogens with one attached hydrogen (secondary N) is 1. The van der Waals surface area contributed by atoms with E-state index in [0.717, 1.165) is 5.01 Å². The van der Waals surface area contributed by atoms with Crippen molar-refractivity contribution in [2.75, 3.05) is 13.6 Å². The molecule has 0 aromatic carbocycles. The van der Waals surface area contributed by atoms with Gasteiger partial charge in [-0.2, -0.15) is 5.10 Å². The van der Waals surface area contributed by atoms with Gasteiger partial charge in [-0.05, 0) is 6.42 Å². The molecule has 1 aliphatic heterocycles. The molecule has 0 bridgehead atoms. The van der Waals surface area contributed by atoms with Gasteiger partial charge in [0.1, 0.15) is 5.71 Å². The third-order valence-electron chi connectivity index (χ3n) is 2.82. The van der Waals surface area contributed by atoms with E-state index in [-0.39, 0.29) is 24.6 Å². The predicted molar refractivity (Wildman–Crippen MR) is 63.9 cm³/mol. The summed E-state index contributed by atoms with van der Waals surface area (Å²) in [6.45, 7) is 1.82. The Morgan fingerprint density at radius 2 is 2.17 bits per heavy atom. The van der Waals surface area contributed by atoms with E-state index in [1.807, 2.05) is 0 Å². The van der Waals surface area contributed by atoms with Crippen molar-refractivity contribution in [2.45, 2.75) is 26.2 Å². The first-order chi connectivity index (χ1) is 8.45. The van der Waals surface area contributed by atoms with Crippen LogP contribution in [-0.4, -0.2) is 47.2 Å². The van der Waals surface area contributed by atoms with Crippen molar-refractivity contribution in [3.63, 3.8) is 0 Å². The molecule has 0 aromatic rings. The Morgan fingerprint density at radius 3 is 2.67 bits per heavy atom. The van der Waals surface area contributed by atoms with Crippen molar-refractivity contribution in [1.29, 1.82) is 0 Å². The van der Waals surface area contributed by atoms with Gasteiger partial charge in [0.25, 0.3) is 5.91 Å². The summed E-state index contributed by atoms with van der Waals surface area (Å²) in [7, 11) is 1.49. The number of nitrogens with zero attached hydrogens (tertiary/aromatic N) is 2. The second-order valence-corrected chi connectivity index (χ2v) is 4.12. The molecule has 2 amide bonds. The molecule has 0 aliphatic carbocycles. The van der Waals surface area contributed by atoms with Gasteiger partial charge in [-0.15, -0.1) is 0 Å². The minimum Gasteiger partial charge on any atom is -0.481 e. The smallest absolute Gasteiger partial charge is 0.308 e. The second-order valence-electron chi connectivity index (χ2n) is 4.12. The number of rotatable bonds is 5. The summed E-state index contributed by atoms with van der Waals surface area (Å²) in [6, 6.07) is 0. The van der Waals surface area contributed by atoms with Crippen LogP contribution < -0.4 is 5.32 Å². The molecule has 7 heteroatoms. The zero-order valence-electron chi connectivity index (χ0n) is 10.5. The molecule has 1 rings (SSSR count). The van der Waals surface area contributed by atoms with Crippen molar-refractivity contribution < 1.29 is 19.5 Å². The minimum absolute atomic E-state index is 0.0708. The highest BCUT2D eigenvalue weighted by Gasteiger charge is 2.23. The maximum absolute atomic E-state index is 11.7. The van der Waals surface area contributed by atoms with E-state index >= 15 is 0 Å². The number of hydrogen-bond donors (Lipinski definition) is 2. The van der Waals surface area contributed by atoms with Gasteiger partial charge in [-0.1, -0.05) is 6.92 Å². The predicted octanol–water partition coefficient (Wildman–Crippen LogP) is -0.178. The first-order valence-electron chi connectivity index (χ1n) is 5.80. The molecule has 18 heavy (non-hydrogen) atoms. The van der Waals surface area contributed by atoms with Crippen LogP contribution in [0.15, 0.2) is 5.10 Å². The SMILES string of the molecule is CCC(CNC(=O)C1=NN(C)C(=O)CC1)C(=O)O. The van der Waals surface area contributed by atoms with E-state index in [1.165, 1.54) is 7.05 Å². The average molecular weight is 255 g/mol. The molecule has 0 saturated carbocycles. The maximum atomic E-state index is 11.7. The van der Waals surface area contributed by atoms with Crippen LogP contribution in [0, 0.1) is 5.92 Å². The second kappa shape index (κ2) is 6.13. The Morgan fingerprint density at radius 1 is 1.50 bits per heavy atom. The third-order valence-corrected chi connectivity index (χ3v) is 2.82. The minimum atomic E-state index is -0.935. The van der Waals surface area contributed by atoms with Gasteiger partial charge in [-0.25, -0.2) is 5.01 Å². The summed E-state index contributed by atoms with van der Waals surface area (Å²) < 4.78 is 0. The Balaban J connectivity index is 2.54. The number of carboxylic acids is 1. The van der Waals surface area contributed by atoms with Crippen LogP contribution in [0.3, 0.4) is 0 Å². The van der Waals surface area contributed by atoms with Gasteiger partial charge in [-0.3, -0.25) is 14.4 Å². The molecular formula is C11H17N3O4. The lowest BCUT2D eigenvalue weighted by Gasteiger charge is -2.19. The molecule has 2 N–H and O–H groups in total. The van der Waals surface area contributed by atoms with E-state index in [9.17, 15) is 14.4 Å². The zero-order chi connectivity index (χ0) is 13.7. The van der Waals surface area contributed by atoms with Gasteiger partial charge >= 0.3 is 5.97 Å². The molecule has 0 radical (unpaired) electrons. The largest absolute Gasteiger partial charge is 0.481 e. The zero-order valence-corrected chi connectivity index (χ0v) is 10.5. The van der Waals surface area contributed by atoms with Crippen LogP contribution in [0.1, 0.15) is 26.2 Å². The van der Waals surface area contributed by atoms with Crippen molar-refractivity contribution in [2.24, 2.45) is 11.0 Å². The molecule has 0 aromatic heterocycles. The molecule has 1 atom stereocenters. The van der Waals surface area contributed by atoms with Crippen LogP contribution in [0.25, 0.3) is 0 Å². The number of aliphatic carboxylic acids is 1.